The van der Waals surface area contributed by atoms with Crippen LogP contribution < -0.4 is 10.5 Å². The van der Waals surface area contributed by atoms with Crippen LogP contribution >= 0.6 is 11.6 Å². The zero-order valence-electron chi connectivity index (χ0n) is 16.4. The Bertz CT molecular complexity index is 1170. The van der Waals surface area contributed by atoms with E-state index >= 15 is 0 Å². The fourth-order valence-electron chi connectivity index (χ4n) is 2.37. The summed E-state index contributed by atoms with van der Waals surface area (Å²) in [7, 11) is -1.13. The second kappa shape index (κ2) is 9.40. The van der Waals surface area contributed by atoms with Crippen molar-refractivity contribution in [1.82, 2.24) is 10.4 Å². The molecule has 0 saturated heterocycles. The Balaban J connectivity index is 2.54. The van der Waals surface area contributed by atoms with Crippen molar-refractivity contribution in [3.8, 4) is 0 Å². The van der Waals surface area contributed by atoms with E-state index in [4.69, 9.17) is 11.6 Å². The van der Waals surface area contributed by atoms with E-state index in [1.165, 1.54) is 24.5 Å². The number of hydrazine groups is 2. The quantitative estimate of drug-likeness (QED) is 0.272. The molecular weight excluding hydrogens is 479 g/mol. The topological polar surface area (TPSA) is 125 Å². The second-order valence-corrected chi connectivity index (χ2v) is 8.35. The number of halogens is 4. The van der Waals surface area contributed by atoms with E-state index in [2.05, 4.69) is 4.40 Å². The molecule has 0 aliphatic heterocycles. The van der Waals surface area contributed by atoms with E-state index in [1.807, 2.05) is 0 Å². The average molecular weight is 494 g/mol. The van der Waals surface area contributed by atoms with Crippen molar-refractivity contribution in [2.24, 2.45) is 4.40 Å². The molecule has 0 aliphatic carbocycles. The summed E-state index contributed by atoms with van der Waals surface area (Å²) in [5.74, 6) is -1.33. The van der Waals surface area contributed by atoms with Gasteiger partial charge in [-0.2, -0.15) is 26.6 Å². The number of benzene rings is 2. The first-order valence-corrected chi connectivity index (χ1v) is 10.2. The summed E-state index contributed by atoms with van der Waals surface area (Å²) >= 11 is 6.00. The van der Waals surface area contributed by atoms with Gasteiger partial charge in [-0.15, -0.1) is 4.40 Å². The molecule has 0 unspecified atom stereocenters. The van der Waals surface area contributed by atoms with Crippen LogP contribution in [-0.4, -0.2) is 44.7 Å². The first-order valence-electron chi connectivity index (χ1n) is 8.42. The lowest BCUT2D eigenvalue weighted by Crippen LogP contribution is -2.47. The SMILES string of the molecule is CN(C)/C=N/S(=O)(=O)c1ccc(C(=O)N(N[N+](=O)[O-])c2ccccc2C(F)(F)F)c(Cl)c1. The Hall–Kier alpha value is -3.39. The second-order valence-electron chi connectivity index (χ2n) is 6.31. The van der Waals surface area contributed by atoms with Gasteiger partial charge in [0.05, 0.1) is 26.7 Å². The lowest BCUT2D eigenvalue weighted by molar-refractivity contribution is -0.544. The lowest BCUT2D eigenvalue weighted by Gasteiger charge is -2.22. The number of amides is 1. The van der Waals surface area contributed by atoms with Gasteiger partial charge in [0, 0.05) is 14.1 Å². The molecule has 0 saturated carbocycles. The number of carbonyl (C=O) groups is 1. The number of nitro groups is 1. The fourth-order valence-corrected chi connectivity index (χ4v) is 3.63. The van der Waals surface area contributed by atoms with Crippen LogP contribution in [0, 0.1) is 10.1 Å². The number of hydrogen-bond acceptors (Lipinski definition) is 5. The Morgan fingerprint density at radius 1 is 1.22 bits per heavy atom. The van der Waals surface area contributed by atoms with Crippen molar-refractivity contribution >= 4 is 39.6 Å². The van der Waals surface area contributed by atoms with Crippen molar-refractivity contribution in [3.05, 3.63) is 68.7 Å². The van der Waals surface area contributed by atoms with Crippen LogP contribution in [0.5, 0.6) is 0 Å². The predicted octanol–water partition coefficient (Wildman–Crippen LogP) is 2.98. The minimum Gasteiger partial charge on any atom is -0.368 e. The number of para-hydroxylation sites is 1. The van der Waals surface area contributed by atoms with Gasteiger partial charge in [0.25, 0.3) is 15.9 Å². The van der Waals surface area contributed by atoms with E-state index in [0.717, 1.165) is 42.7 Å². The molecule has 0 atom stereocenters. The van der Waals surface area contributed by atoms with Gasteiger partial charge in [0.2, 0.25) is 0 Å². The number of rotatable bonds is 7. The molecule has 0 heterocycles. The summed E-state index contributed by atoms with van der Waals surface area (Å²) in [5, 5.41) is 9.32. The molecule has 172 valence electrons. The fraction of sp³-hybridized carbons (Fsp3) is 0.176. The molecule has 0 radical (unpaired) electrons. The molecule has 10 nitrogen and oxygen atoms in total. The molecule has 2 aromatic carbocycles. The summed E-state index contributed by atoms with van der Waals surface area (Å²) < 4.78 is 67.9. The Morgan fingerprint density at radius 2 is 1.84 bits per heavy atom. The number of alkyl halides is 3. The molecule has 0 aliphatic rings. The maximum absolute atomic E-state index is 13.4. The zero-order valence-corrected chi connectivity index (χ0v) is 17.9. The van der Waals surface area contributed by atoms with Crippen molar-refractivity contribution in [3.63, 3.8) is 0 Å². The first-order chi connectivity index (χ1) is 14.7. The molecule has 0 bridgehead atoms. The molecule has 15 heteroatoms. The van der Waals surface area contributed by atoms with Gasteiger partial charge in [-0.05, 0) is 35.9 Å². The third-order valence-electron chi connectivity index (χ3n) is 3.72. The van der Waals surface area contributed by atoms with Gasteiger partial charge < -0.3 is 4.90 Å². The van der Waals surface area contributed by atoms with Crippen LogP contribution in [0.3, 0.4) is 0 Å². The molecule has 0 aromatic heterocycles. The molecule has 2 rings (SSSR count). The highest BCUT2D eigenvalue weighted by Crippen LogP contribution is 2.37. The normalized spacial score (nSPS) is 11.9. The highest BCUT2D eigenvalue weighted by molar-refractivity contribution is 7.90. The Kier molecular flexibility index (Phi) is 7.31. The lowest BCUT2D eigenvalue weighted by atomic mass is 10.1. The molecule has 0 spiro atoms. The highest BCUT2D eigenvalue weighted by atomic mass is 35.5. The summed E-state index contributed by atoms with van der Waals surface area (Å²) in [6, 6.07) is 6.39. The third-order valence-corrected chi connectivity index (χ3v) is 5.25. The molecular formula is C17H15ClF3N5O5S. The number of hydrogen-bond donors (Lipinski definition) is 1. The van der Waals surface area contributed by atoms with Crippen molar-refractivity contribution < 1.29 is 31.4 Å². The largest absolute Gasteiger partial charge is 0.418 e. The van der Waals surface area contributed by atoms with Gasteiger partial charge in [-0.1, -0.05) is 23.7 Å². The van der Waals surface area contributed by atoms with Crippen LogP contribution in [0.15, 0.2) is 51.8 Å². The van der Waals surface area contributed by atoms with Gasteiger partial charge in [0.1, 0.15) is 6.34 Å². The molecule has 2 aromatic rings. The van der Waals surface area contributed by atoms with Crippen LogP contribution in [-0.2, 0) is 16.2 Å². The van der Waals surface area contributed by atoms with Gasteiger partial charge in [-0.3, -0.25) is 4.79 Å². The summed E-state index contributed by atoms with van der Waals surface area (Å²) in [4.78, 5) is 24.8. The summed E-state index contributed by atoms with van der Waals surface area (Å²) in [5.41, 5.74) is -1.26. The first kappa shape index (κ1) is 24.9. The van der Waals surface area contributed by atoms with Crippen LogP contribution in [0.4, 0.5) is 18.9 Å². The number of nitrogens with zero attached hydrogens (tertiary/aromatic N) is 4. The Morgan fingerprint density at radius 3 is 2.38 bits per heavy atom. The number of sulfonamides is 1. The van der Waals surface area contributed by atoms with Crippen molar-refractivity contribution in [2.75, 3.05) is 19.1 Å². The monoisotopic (exact) mass is 493 g/mol. The summed E-state index contributed by atoms with van der Waals surface area (Å²) in [6.45, 7) is 0. The minimum atomic E-state index is -4.93. The van der Waals surface area contributed by atoms with Crippen LogP contribution in [0.1, 0.15) is 15.9 Å². The van der Waals surface area contributed by atoms with E-state index in [1.54, 1.807) is 0 Å². The van der Waals surface area contributed by atoms with E-state index in [0.29, 0.717) is 6.07 Å². The van der Waals surface area contributed by atoms with E-state index in [-0.39, 0.29) is 5.01 Å². The standard InChI is InChI=1S/C17H15ClF3N5O5S/c1-24(2)10-22-32(30,31)11-7-8-12(14(18)9-11)16(27)25(23-26(28)29)15-6-4-3-5-13(15)17(19,20)21/h3-10,23H,1-2H3/b22-10+. The molecule has 1 amide bonds. The third kappa shape index (κ3) is 5.85. The summed E-state index contributed by atoms with van der Waals surface area (Å²) in [6.07, 6.45) is -3.92. The maximum atomic E-state index is 13.4. The van der Waals surface area contributed by atoms with Gasteiger partial charge in [0.15, 0.2) is 5.03 Å². The average Bonchev–Trinajstić information content (AvgIpc) is 2.69. The van der Waals surface area contributed by atoms with Crippen molar-refractivity contribution in [2.45, 2.75) is 11.1 Å². The minimum absolute atomic E-state index is 0.0579. The molecule has 32 heavy (non-hydrogen) atoms. The van der Waals surface area contributed by atoms with Gasteiger partial charge in [-0.25, -0.2) is 10.1 Å². The van der Waals surface area contributed by atoms with Crippen LogP contribution in [0.2, 0.25) is 5.02 Å². The van der Waals surface area contributed by atoms with Crippen molar-refractivity contribution in [1.29, 1.82) is 0 Å². The highest BCUT2D eigenvalue weighted by Gasteiger charge is 2.37. The maximum Gasteiger partial charge on any atom is 0.418 e. The molecule has 1 N–H and O–H groups in total. The Labute approximate surface area is 185 Å². The number of nitrogens with one attached hydrogen (secondary N) is 1. The van der Waals surface area contributed by atoms with Crippen LogP contribution in [0.25, 0.3) is 0 Å². The van der Waals surface area contributed by atoms with E-state index < -0.39 is 53.9 Å². The number of anilines is 1. The predicted molar refractivity (Wildman–Crippen MR) is 109 cm³/mol. The molecule has 0 fully saturated rings. The van der Waals surface area contributed by atoms with Gasteiger partial charge >= 0.3 is 6.18 Å². The number of carbonyl (C=O) groups excluding carboxylic acids is 1. The zero-order chi connectivity index (χ0) is 24.3. The van der Waals surface area contributed by atoms with E-state index in [9.17, 15) is 36.5 Å². The smallest absolute Gasteiger partial charge is 0.368 e.